The first-order chi connectivity index (χ1) is 12.2. The Balaban J connectivity index is 1.78. The maximum atomic E-state index is 5.97. The zero-order valence-electron chi connectivity index (χ0n) is 13.3. The molecule has 0 radical (unpaired) electrons. The second kappa shape index (κ2) is 5.49. The summed E-state index contributed by atoms with van der Waals surface area (Å²) in [4.78, 5) is 9.11. The predicted molar refractivity (Wildman–Crippen MR) is 99.6 cm³/mol. The molecule has 3 heterocycles. The van der Waals surface area contributed by atoms with Gasteiger partial charge in [0.2, 0.25) is 0 Å². The van der Waals surface area contributed by atoms with Crippen LogP contribution < -0.4 is 10.5 Å². The van der Waals surface area contributed by atoms with Gasteiger partial charge in [0.1, 0.15) is 22.6 Å². The molecule has 0 bridgehead atoms. The first-order valence-electron chi connectivity index (χ1n) is 8.18. The Morgan fingerprint density at radius 3 is 2.92 bits per heavy atom. The molecule has 0 unspecified atom stereocenters. The summed E-state index contributed by atoms with van der Waals surface area (Å²) in [5, 5.41) is 0. The smallest absolute Gasteiger partial charge is 0.292 e. The molecule has 1 aliphatic heterocycles. The highest BCUT2D eigenvalue weighted by molar-refractivity contribution is 9.10. The summed E-state index contributed by atoms with van der Waals surface area (Å²) < 4.78 is 14.5. The number of nitrogens with two attached hydrogens (primary N) is 1. The minimum atomic E-state index is 0.176. The van der Waals surface area contributed by atoms with Crippen molar-refractivity contribution >= 4 is 44.1 Å². The molecule has 4 aromatic rings. The Kier molecular flexibility index (Phi) is 3.24. The van der Waals surface area contributed by atoms with Crippen LogP contribution in [0.4, 0.5) is 6.01 Å². The van der Waals surface area contributed by atoms with Crippen molar-refractivity contribution in [3.63, 3.8) is 0 Å². The Hall–Kier alpha value is -2.54. The quantitative estimate of drug-likeness (QED) is 0.515. The summed E-state index contributed by atoms with van der Waals surface area (Å²) in [6.07, 6.45) is 2.07. The lowest BCUT2D eigenvalue weighted by molar-refractivity contribution is 0.299. The molecule has 0 aliphatic carbocycles. The zero-order valence-corrected chi connectivity index (χ0v) is 14.9. The van der Waals surface area contributed by atoms with E-state index in [4.69, 9.17) is 19.9 Å². The molecule has 0 amide bonds. The van der Waals surface area contributed by atoms with Crippen LogP contribution in [-0.2, 0) is 6.54 Å². The van der Waals surface area contributed by atoms with Gasteiger partial charge in [0.15, 0.2) is 5.58 Å². The van der Waals surface area contributed by atoms with Crippen molar-refractivity contribution in [1.82, 2.24) is 14.5 Å². The minimum Gasteiger partial charge on any atom is -0.491 e. The molecule has 7 heteroatoms. The largest absolute Gasteiger partial charge is 0.491 e. The molecule has 126 valence electrons. The van der Waals surface area contributed by atoms with Crippen LogP contribution in [0.15, 0.2) is 39.2 Å². The summed E-state index contributed by atoms with van der Waals surface area (Å²) in [5.74, 6) is 1.78. The van der Waals surface area contributed by atoms with Gasteiger partial charge in [-0.1, -0.05) is 15.9 Å². The third-order valence-electron chi connectivity index (χ3n) is 4.47. The lowest BCUT2D eigenvalue weighted by Crippen LogP contribution is -2.08. The molecule has 1 aliphatic rings. The van der Waals surface area contributed by atoms with Gasteiger partial charge in [-0.25, -0.2) is 4.98 Å². The molecule has 2 aromatic heterocycles. The van der Waals surface area contributed by atoms with Crippen molar-refractivity contribution in [2.24, 2.45) is 0 Å². The molecule has 0 atom stereocenters. The number of hydrogen-bond acceptors (Lipinski definition) is 5. The summed E-state index contributed by atoms with van der Waals surface area (Å²) in [6.45, 7) is 1.64. The Bertz CT molecular complexity index is 1120. The third kappa shape index (κ3) is 2.38. The van der Waals surface area contributed by atoms with Gasteiger partial charge in [0, 0.05) is 16.6 Å². The van der Waals surface area contributed by atoms with E-state index in [-0.39, 0.29) is 6.01 Å². The highest BCUT2D eigenvalue weighted by Crippen LogP contribution is 2.36. The van der Waals surface area contributed by atoms with Crippen molar-refractivity contribution in [1.29, 1.82) is 0 Å². The summed E-state index contributed by atoms with van der Waals surface area (Å²) >= 11 is 3.55. The molecular weight excluding hydrogens is 384 g/mol. The summed E-state index contributed by atoms with van der Waals surface area (Å²) in [7, 11) is 0. The molecule has 0 saturated heterocycles. The van der Waals surface area contributed by atoms with Crippen LogP contribution in [0, 0.1) is 0 Å². The van der Waals surface area contributed by atoms with Crippen LogP contribution in [-0.4, -0.2) is 21.1 Å². The highest BCUT2D eigenvalue weighted by atomic mass is 79.9. The summed E-state index contributed by atoms with van der Waals surface area (Å²) in [6, 6.07) is 10.1. The van der Waals surface area contributed by atoms with Gasteiger partial charge in [0.25, 0.3) is 6.01 Å². The van der Waals surface area contributed by atoms with E-state index in [0.29, 0.717) is 5.58 Å². The first-order valence-corrected chi connectivity index (χ1v) is 8.97. The molecule has 6 nitrogen and oxygen atoms in total. The van der Waals surface area contributed by atoms with Crippen LogP contribution in [0.5, 0.6) is 5.75 Å². The fourth-order valence-electron chi connectivity index (χ4n) is 3.38. The van der Waals surface area contributed by atoms with Gasteiger partial charge >= 0.3 is 0 Å². The molecule has 2 N–H and O–H groups in total. The number of oxazole rings is 1. The number of rotatable bonds is 1. The van der Waals surface area contributed by atoms with Gasteiger partial charge in [-0.3, -0.25) is 0 Å². The number of imidazole rings is 1. The topological polar surface area (TPSA) is 79.1 Å². The van der Waals surface area contributed by atoms with E-state index in [1.54, 1.807) is 0 Å². The van der Waals surface area contributed by atoms with Gasteiger partial charge in [-0.15, -0.1) is 0 Å². The van der Waals surface area contributed by atoms with Gasteiger partial charge in [-0.05, 0) is 43.2 Å². The number of aryl methyl sites for hydroxylation is 1. The van der Waals surface area contributed by atoms with E-state index in [1.807, 2.05) is 30.3 Å². The van der Waals surface area contributed by atoms with Crippen molar-refractivity contribution in [2.75, 3.05) is 12.3 Å². The van der Waals surface area contributed by atoms with Gasteiger partial charge in [-0.2, -0.15) is 4.98 Å². The number of hydrogen-bond donors (Lipinski definition) is 1. The van der Waals surface area contributed by atoms with E-state index < -0.39 is 0 Å². The van der Waals surface area contributed by atoms with Crippen molar-refractivity contribution in [3.05, 3.63) is 34.8 Å². The summed E-state index contributed by atoms with van der Waals surface area (Å²) in [5.41, 5.74) is 10.0. The Labute approximate surface area is 151 Å². The maximum absolute atomic E-state index is 5.97. The van der Waals surface area contributed by atoms with E-state index >= 15 is 0 Å². The molecule has 0 fully saturated rings. The van der Waals surface area contributed by atoms with E-state index in [9.17, 15) is 0 Å². The van der Waals surface area contributed by atoms with Crippen molar-refractivity contribution in [3.8, 4) is 17.1 Å². The predicted octanol–water partition coefficient (Wildman–Crippen LogP) is 4.36. The number of nitrogens with zero attached hydrogens (tertiary/aromatic N) is 3. The number of fused-ring (bicyclic) bond motifs is 1. The van der Waals surface area contributed by atoms with Crippen LogP contribution >= 0.6 is 15.9 Å². The normalized spacial score (nSPS) is 14.4. The lowest BCUT2D eigenvalue weighted by Gasteiger charge is -2.16. The average molecular weight is 399 g/mol. The number of halogens is 1. The molecule has 0 saturated carbocycles. The van der Waals surface area contributed by atoms with Crippen LogP contribution in [0.3, 0.4) is 0 Å². The minimum absolute atomic E-state index is 0.176. The number of benzene rings is 2. The monoisotopic (exact) mass is 398 g/mol. The Morgan fingerprint density at radius 1 is 1.08 bits per heavy atom. The molecule has 5 rings (SSSR count). The maximum Gasteiger partial charge on any atom is 0.292 e. The molecule has 2 aromatic carbocycles. The fourth-order valence-corrected chi connectivity index (χ4v) is 3.81. The van der Waals surface area contributed by atoms with Gasteiger partial charge in [0.05, 0.1) is 12.1 Å². The number of nitrogen functional groups attached to an aromatic ring is 1. The number of aromatic nitrogens is 3. The first kappa shape index (κ1) is 14.8. The SMILES string of the molecule is Nc1nc2cc(-c3nc4cc(Br)cc5c4n3CCCCO5)ccc2o1. The van der Waals surface area contributed by atoms with Crippen molar-refractivity contribution < 1.29 is 9.15 Å². The third-order valence-corrected chi connectivity index (χ3v) is 4.93. The van der Waals surface area contributed by atoms with Crippen LogP contribution in [0.2, 0.25) is 0 Å². The zero-order chi connectivity index (χ0) is 17.0. The van der Waals surface area contributed by atoms with Crippen LogP contribution in [0.25, 0.3) is 33.5 Å². The van der Waals surface area contributed by atoms with E-state index in [1.165, 1.54) is 0 Å². The van der Waals surface area contributed by atoms with Gasteiger partial charge < -0.3 is 19.5 Å². The average Bonchev–Trinajstić information content (AvgIpc) is 3.10. The molecular formula is C18H15BrN4O2. The Morgan fingerprint density at radius 2 is 2.00 bits per heavy atom. The number of ether oxygens (including phenoxy) is 1. The van der Waals surface area contributed by atoms with E-state index in [0.717, 1.165) is 64.2 Å². The second-order valence-electron chi connectivity index (χ2n) is 6.15. The number of anilines is 1. The van der Waals surface area contributed by atoms with E-state index in [2.05, 4.69) is 25.5 Å². The van der Waals surface area contributed by atoms with Crippen molar-refractivity contribution in [2.45, 2.75) is 19.4 Å². The van der Waals surface area contributed by atoms with Crippen LogP contribution in [0.1, 0.15) is 12.8 Å². The fraction of sp³-hybridized carbons (Fsp3) is 0.222. The lowest BCUT2D eigenvalue weighted by atomic mass is 10.2. The molecule has 0 spiro atoms. The highest BCUT2D eigenvalue weighted by Gasteiger charge is 2.19. The molecule has 25 heavy (non-hydrogen) atoms. The second-order valence-corrected chi connectivity index (χ2v) is 7.06. The standard InChI is InChI=1S/C18H15BrN4O2/c19-11-8-13-16-15(9-11)24-6-2-1-5-23(16)17(21-13)10-3-4-14-12(7-10)22-18(20)25-14/h3-4,7-9H,1-2,5-6H2,(H2,20,22).